The van der Waals surface area contributed by atoms with Gasteiger partial charge in [0.05, 0.1) is 23.8 Å². The first-order valence-electron chi connectivity index (χ1n) is 7.94. The molecule has 0 saturated heterocycles. The zero-order chi connectivity index (χ0) is 18.8. The fourth-order valence-electron chi connectivity index (χ4n) is 2.13. The van der Waals surface area contributed by atoms with E-state index in [2.05, 4.69) is 20.3 Å². The molecule has 0 aliphatic carbocycles. The van der Waals surface area contributed by atoms with Gasteiger partial charge in [0.1, 0.15) is 11.4 Å². The van der Waals surface area contributed by atoms with Crippen molar-refractivity contribution in [3.8, 4) is 11.4 Å². The van der Waals surface area contributed by atoms with Crippen LogP contribution in [0.15, 0.2) is 24.7 Å². The predicted octanol–water partition coefficient (Wildman–Crippen LogP) is 4.32. The Bertz CT molecular complexity index is 779. The molecule has 0 aliphatic heterocycles. The van der Waals surface area contributed by atoms with Crippen molar-refractivity contribution in [1.82, 2.24) is 15.0 Å². The monoisotopic (exact) mass is 346 g/mol. The molecule has 0 aliphatic rings. The minimum absolute atomic E-state index is 0.340. The van der Waals surface area contributed by atoms with E-state index in [0.29, 0.717) is 22.8 Å². The summed E-state index contributed by atoms with van der Waals surface area (Å²) in [7, 11) is 0. The summed E-state index contributed by atoms with van der Waals surface area (Å²) < 4.78 is 18.7. The molecule has 6 nitrogen and oxygen atoms in total. The Kier molecular flexibility index (Phi) is 5.06. The summed E-state index contributed by atoms with van der Waals surface area (Å²) in [5, 5.41) is 2.69. The van der Waals surface area contributed by atoms with Gasteiger partial charge in [0.2, 0.25) is 0 Å². The van der Waals surface area contributed by atoms with Crippen LogP contribution in [-0.2, 0) is 10.2 Å². The van der Waals surface area contributed by atoms with Gasteiger partial charge in [-0.05, 0) is 26.8 Å². The molecule has 0 bridgehead atoms. The van der Waals surface area contributed by atoms with Gasteiger partial charge in [-0.15, -0.1) is 0 Å². The number of aromatic nitrogens is 3. The molecule has 0 spiro atoms. The van der Waals surface area contributed by atoms with Crippen molar-refractivity contribution < 1.29 is 13.9 Å². The molecule has 2 heterocycles. The lowest BCUT2D eigenvalue weighted by Crippen LogP contribution is -2.28. The van der Waals surface area contributed by atoms with Crippen molar-refractivity contribution in [3.63, 3.8) is 0 Å². The second-order valence-electron chi connectivity index (χ2n) is 7.72. The number of amides is 1. The Labute approximate surface area is 146 Å². The first-order chi connectivity index (χ1) is 11.5. The molecule has 2 rings (SSSR count). The van der Waals surface area contributed by atoms with Crippen molar-refractivity contribution >= 4 is 11.8 Å². The lowest BCUT2D eigenvalue weighted by Gasteiger charge is -2.24. The third-order valence-corrected chi connectivity index (χ3v) is 3.10. The van der Waals surface area contributed by atoms with Crippen LogP contribution >= 0.6 is 0 Å². The molecule has 0 radical (unpaired) electrons. The molecule has 0 fully saturated rings. The summed E-state index contributed by atoms with van der Waals surface area (Å²) >= 11 is 0. The van der Waals surface area contributed by atoms with Gasteiger partial charge < -0.3 is 4.74 Å². The van der Waals surface area contributed by atoms with Crippen LogP contribution in [0.5, 0.6) is 0 Å². The molecule has 7 heteroatoms. The second kappa shape index (κ2) is 6.74. The highest BCUT2D eigenvalue weighted by Gasteiger charge is 2.24. The first-order valence-corrected chi connectivity index (χ1v) is 7.94. The molecule has 25 heavy (non-hydrogen) atoms. The van der Waals surface area contributed by atoms with Crippen LogP contribution in [0.25, 0.3) is 11.4 Å². The minimum Gasteiger partial charge on any atom is -0.444 e. The zero-order valence-electron chi connectivity index (χ0n) is 15.3. The van der Waals surface area contributed by atoms with Crippen LogP contribution in [0.4, 0.5) is 14.9 Å². The summed E-state index contributed by atoms with van der Waals surface area (Å²) in [6, 6.07) is 1.32. The van der Waals surface area contributed by atoms with Crippen molar-refractivity contribution in [2.24, 2.45) is 0 Å². The number of carbonyl (C=O) groups excluding carboxylic acids is 1. The summed E-state index contributed by atoms with van der Waals surface area (Å²) in [5.41, 5.74) is 0.555. The highest BCUT2D eigenvalue weighted by Crippen LogP contribution is 2.29. The van der Waals surface area contributed by atoms with Gasteiger partial charge in [0, 0.05) is 17.2 Å². The number of ether oxygens (including phenoxy) is 1. The average molecular weight is 346 g/mol. The van der Waals surface area contributed by atoms with E-state index in [0.717, 1.165) is 6.20 Å². The molecule has 0 saturated carbocycles. The Morgan fingerprint density at radius 3 is 2.36 bits per heavy atom. The van der Waals surface area contributed by atoms with Gasteiger partial charge in [-0.25, -0.2) is 19.2 Å². The van der Waals surface area contributed by atoms with E-state index in [1.807, 2.05) is 20.8 Å². The van der Waals surface area contributed by atoms with Gasteiger partial charge in [-0.1, -0.05) is 20.8 Å². The van der Waals surface area contributed by atoms with Crippen LogP contribution in [0, 0.1) is 5.82 Å². The molecule has 134 valence electrons. The molecule has 0 atom stereocenters. The number of pyridine rings is 1. The standard InChI is InChI=1S/C18H23FN4O2/c1-17(2,3)14-13(22-16(24)25-18(4,5)6)10-21-15(23-14)11-7-12(19)9-20-8-11/h7-10H,1-6H3,(H,22,24). The van der Waals surface area contributed by atoms with E-state index in [1.165, 1.54) is 18.5 Å². The van der Waals surface area contributed by atoms with E-state index in [1.54, 1.807) is 20.8 Å². The Morgan fingerprint density at radius 1 is 1.12 bits per heavy atom. The maximum absolute atomic E-state index is 13.4. The number of nitrogens with one attached hydrogen (secondary N) is 1. The van der Waals surface area contributed by atoms with Gasteiger partial charge in [0.15, 0.2) is 5.82 Å². The number of hydrogen-bond donors (Lipinski definition) is 1. The third-order valence-electron chi connectivity index (χ3n) is 3.10. The van der Waals surface area contributed by atoms with Crippen molar-refractivity contribution in [2.75, 3.05) is 5.32 Å². The first kappa shape index (κ1) is 18.8. The van der Waals surface area contributed by atoms with E-state index in [4.69, 9.17) is 4.74 Å². The SMILES string of the molecule is CC(C)(C)OC(=O)Nc1cnc(-c2cncc(F)c2)nc1C(C)(C)C. The molecule has 0 unspecified atom stereocenters. The smallest absolute Gasteiger partial charge is 0.412 e. The predicted molar refractivity (Wildman–Crippen MR) is 93.8 cm³/mol. The topological polar surface area (TPSA) is 77.0 Å². The quantitative estimate of drug-likeness (QED) is 0.876. The fourth-order valence-corrected chi connectivity index (χ4v) is 2.13. The third kappa shape index (κ3) is 5.20. The van der Waals surface area contributed by atoms with Crippen molar-refractivity contribution in [3.05, 3.63) is 36.2 Å². The largest absolute Gasteiger partial charge is 0.444 e. The van der Waals surface area contributed by atoms with Gasteiger partial charge in [-0.2, -0.15) is 0 Å². The summed E-state index contributed by atoms with van der Waals surface area (Å²) in [4.78, 5) is 24.6. The molecule has 1 amide bonds. The van der Waals surface area contributed by atoms with Crippen LogP contribution in [-0.4, -0.2) is 26.6 Å². The summed E-state index contributed by atoms with van der Waals surface area (Å²) in [6.07, 6.45) is 3.53. The van der Waals surface area contributed by atoms with Gasteiger partial charge in [-0.3, -0.25) is 10.3 Å². The average Bonchev–Trinajstić information content (AvgIpc) is 2.44. The Hall–Kier alpha value is -2.57. The van der Waals surface area contributed by atoms with Gasteiger partial charge >= 0.3 is 6.09 Å². The number of carbonyl (C=O) groups is 1. The zero-order valence-corrected chi connectivity index (χ0v) is 15.3. The Morgan fingerprint density at radius 2 is 1.80 bits per heavy atom. The van der Waals surface area contributed by atoms with E-state index in [-0.39, 0.29) is 5.41 Å². The summed E-state index contributed by atoms with van der Waals surface area (Å²) in [6.45, 7) is 11.2. The van der Waals surface area contributed by atoms with E-state index < -0.39 is 17.5 Å². The number of hydrogen-bond acceptors (Lipinski definition) is 5. The number of halogens is 1. The van der Waals surface area contributed by atoms with Crippen molar-refractivity contribution in [1.29, 1.82) is 0 Å². The number of nitrogens with zero attached hydrogens (tertiary/aromatic N) is 3. The maximum Gasteiger partial charge on any atom is 0.412 e. The molecule has 2 aromatic heterocycles. The second-order valence-corrected chi connectivity index (χ2v) is 7.72. The normalized spacial score (nSPS) is 12.0. The highest BCUT2D eigenvalue weighted by atomic mass is 19.1. The van der Waals surface area contributed by atoms with Crippen LogP contribution in [0.2, 0.25) is 0 Å². The van der Waals surface area contributed by atoms with Crippen LogP contribution < -0.4 is 5.32 Å². The molecular formula is C18H23FN4O2. The minimum atomic E-state index is -0.611. The van der Waals surface area contributed by atoms with Crippen molar-refractivity contribution in [2.45, 2.75) is 52.6 Å². The number of anilines is 1. The fraction of sp³-hybridized carbons (Fsp3) is 0.444. The molecule has 2 aromatic rings. The van der Waals surface area contributed by atoms with Gasteiger partial charge in [0.25, 0.3) is 0 Å². The number of rotatable bonds is 2. The summed E-state index contributed by atoms with van der Waals surface area (Å²) in [5.74, 6) is -0.124. The Balaban J connectivity index is 2.40. The van der Waals surface area contributed by atoms with E-state index in [9.17, 15) is 9.18 Å². The highest BCUT2D eigenvalue weighted by molar-refractivity contribution is 5.85. The molecule has 0 aromatic carbocycles. The van der Waals surface area contributed by atoms with Crippen LogP contribution in [0.3, 0.4) is 0 Å². The maximum atomic E-state index is 13.4. The van der Waals surface area contributed by atoms with Crippen LogP contribution in [0.1, 0.15) is 47.2 Å². The lowest BCUT2D eigenvalue weighted by molar-refractivity contribution is 0.0635. The van der Waals surface area contributed by atoms with E-state index >= 15 is 0 Å². The molecule has 1 N–H and O–H groups in total. The lowest BCUT2D eigenvalue weighted by atomic mass is 9.90. The molecular weight excluding hydrogens is 323 g/mol.